The average Bonchev–Trinajstić information content (AvgIpc) is 2.80. The normalized spacial score (nSPS) is 10.8. The van der Waals surface area contributed by atoms with Gasteiger partial charge in [0.1, 0.15) is 0 Å². The summed E-state index contributed by atoms with van der Waals surface area (Å²) >= 11 is 8.58. The summed E-state index contributed by atoms with van der Waals surface area (Å²) in [6.45, 7) is 0.786. The molecule has 19 heavy (non-hydrogen) atoms. The molecule has 2 nitrogen and oxygen atoms in total. The first kappa shape index (κ1) is 13.1. The number of fused-ring (bicyclic) bond motifs is 1. The zero-order valence-electron chi connectivity index (χ0n) is 9.86. The van der Waals surface area contributed by atoms with Gasteiger partial charge in [0.2, 0.25) is 0 Å². The van der Waals surface area contributed by atoms with E-state index >= 15 is 0 Å². The Balaban J connectivity index is 1.76. The molecule has 1 N–H and O–H groups in total. The molecular weight excluding hydrogens is 388 g/mol. The van der Waals surface area contributed by atoms with Gasteiger partial charge in [0.05, 0.1) is 10.2 Å². The van der Waals surface area contributed by atoms with Gasteiger partial charge in [0, 0.05) is 15.5 Å². The molecule has 0 saturated heterocycles. The van der Waals surface area contributed by atoms with Gasteiger partial charge in [-0.2, -0.15) is 0 Å². The van der Waals surface area contributed by atoms with Crippen molar-refractivity contribution in [2.24, 2.45) is 0 Å². The molecule has 0 aliphatic carbocycles. The fourth-order valence-corrected chi connectivity index (χ4v) is 3.21. The van der Waals surface area contributed by atoms with E-state index in [1.807, 2.05) is 24.3 Å². The quantitative estimate of drug-likeness (QED) is 0.636. The molecule has 0 fully saturated rings. The van der Waals surface area contributed by atoms with Crippen molar-refractivity contribution in [3.05, 3.63) is 57.0 Å². The highest BCUT2D eigenvalue weighted by Crippen LogP contribution is 2.28. The van der Waals surface area contributed by atoms with Gasteiger partial charge >= 0.3 is 0 Å². The zero-order chi connectivity index (χ0) is 13.2. The fraction of sp³-hybridized carbons (Fsp3) is 0.0714. The molecule has 0 radical (unpaired) electrons. The van der Waals surface area contributed by atoms with Crippen molar-refractivity contribution in [1.29, 1.82) is 0 Å². The maximum Gasteiger partial charge on any atom is 0.184 e. The van der Waals surface area contributed by atoms with Crippen LogP contribution in [0.25, 0.3) is 10.2 Å². The van der Waals surface area contributed by atoms with Crippen LogP contribution in [0.2, 0.25) is 0 Å². The Hall–Kier alpha value is -0.910. The van der Waals surface area contributed by atoms with Gasteiger partial charge < -0.3 is 5.32 Å². The number of hydrogen-bond donors (Lipinski definition) is 1. The number of nitrogens with zero attached hydrogens (tertiary/aromatic N) is 1. The van der Waals surface area contributed by atoms with E-state index in [0.29, 0.717) is 0 Å². The number of rotatable bonds is 3. The highest BCUT2D eigenvalue weighted by atomic mass is 79.9. The molecule has 3 rings (SSSR count). The van der Waals surface area contributed by atoms with Gasteiger partial charge in [-0.1, -0.05) is 55.3 Å². The van der Waals surface area contributed by atoms with Crippen LogP contribution >= 0.6 is 43.2 Å². The van der Waals surface area contributed by atoms with Gasteiger partial charge in [-0.3, -0.25) is 0 Å². The standard InChI is InChI=1S/C14H10Br2N2S/c15-10-3-1-9(2-4-10)8-17-14-18-12-7-11(16)5-6-13(12)19-14/h1-7H,8H2,(H,17,18). The lowest BCUT2D eigenvalue weighted by Gasteiger charge is -2.02. The summed E-state index contributed by atoms with van der Waals surface area (Å²) in [5.74, 6) is 0. The lowest BCUT2D eigenvalue weighted by atomic mass is 10.2. The second-order valence-corrected chi connectivity index (χ2v) is 6.97. The lowest BCUT2D eigenvalue weighted by Crippen LogP contribution is -1.98. The number of halogens is 2. The Labute approximate surface area is 132 Å². The third-order valence-corrected chi connectivity index (χ3v) is 4.72. The topological polar surface area (TPSA) is 24.9 Å². The molecule has 0 spiro atoms. The van der Waals surface area contributed by atoms with E-state index in [1.54, 1.807) is 11.3 Å². The first-order valence-corrected chi connectivity index (χ1v) is 8.15. The summed E-state index contributed by atoms with van der Waals surface area (Å²) in [6, 6.07) is 14.5. The zero-order valence-corrected chi connectivity index (χ0v) is 13.8. The van der Waals surface area contributed by atoms with Gasteiger partial charge in [-0.15, -0.1) is 0 Å². The van der Waals surface area contributed by atoms with Gasteiger partial charge in [-0.25, -0.2) is 4.98 Å². The van der Waals surface area contributed by atoms with Gasteiger partial charge in [0.15, 0.2) is 5.13 Å². The number of aromatic nitrogens is 1. The Morgan fingerprint density at radius 2 is 1.74 bits per heavy atom. The van der Waals surface area contributed by atoms with E-state index < -0.39 is 0 Å². The summed E-state index contributed by atoms with van der Waals surface area (Å²) in [5.41, 5.74) is 2.27. The van der Waals surface area contributed by atoms with Crippen LogP contribution in [0.1, 0.15) is 5.56 Å². The van der Waals surface area contributed by atoms with E-state index in [1.165, 1.54) is 10.3 Å². The number of benzene rings is 2. The maximum absolute atomic E-state index is 4.57. The molecule has 0 aliphatic heterocycles. The molecule has 96 valence electrons. The minimum absolute atomic E-state index is 0.786. The Bertz CT molecular complexity index is 707. The lowest BCUT2D eigenvalue weighted by molar-refractivity contribution is 1.14. The second kappa shape index (κ2) is 5.61. The average molecular weight is 398 g/mol. The Kier molecular flexibility index (Phi) is 3.86. The van der Waals surface area contributed by atoms with E-state index in [4.69, 9.17) is 0 Å². The van der Waals surface area contributed by atoms with E-state index in [0.717, 1.165) is 26.1 Å². The molecule has 0 aliphatic rings. The predicted octanol–water partition coefficient (Wildman–Crippen LogP) is 5.43. The smallest absolute Gasteiger partial charge is 0.184 e. The molecule has 0 saturated carbocycles. The van der Waals surface area contributed by atoms with E-state index in [9.17, 15) is 0 Å². The van der Waals surface area contributed by atoms with E-state index in [-0.39, 0.29) is 0 Å². The van der Waals surface area contributed by atoms with Crippen LogP contribution in [0.4, 0.5) is 5.13 Å². The molecule has 5 heteroatoms. The van der Waals surface area contributed by atoms with Crippen molar-refractivity contribution in [3.63, 3.8) is 0 Å². The van der Waals surface area contributed by atoms with Crippen LogP contribution in [0, 0.1) is 0 Å². The minimum atomic E-state index is 0.786. The molecule has 1 aromatic heterocycles. The first-order valence-electron chi connectivity index (χ1n) is 5.75. The minimum Gasteiger partial charge on any atom is -0.357 e. The summed E-state index contributed by atoms with van der Waals surface area (Å²) in [6.07, 6.45) is 0. The van der Waals surface area contributed by atoms with Crippen LogP contribution in [-0.2, 0) is 6.54 Å². The predicted molar refractivity (Wildman–Crippen MR) is 88.8 cm³/mol. The largest absolute Gasteiger partial charge is 0.357 e. The molecule has 0 atom stereocenters. The molecule has 0 bridgehead atoms. The Morgan fingerprint density at radius 1 is 1.00 bits per heavy atom. The summed E-state index contributed by atoms with van der Waals surface area (Å²) in [4.78, 5) is 4.57. The van der Waals surface area contributed by atoms with Crippen LogP contribution in [0.5, 0.6) is 0 Å². The van der Waals surface area contributed by atoms with Crippen LogP contribution in [0.15, 0.2) is 51.4 Å². The number of nitrogens with one attached hydrogen (secondary N) is 1. The van der Waals surface area contributed by atoms with Crippen LogP contribution in [-0.4, -0.2) is 4.98 Å². The second-order valence-electron chi connectivity index (χ2n) is 4.11. The van der Waals surface area contributed by atoms with Crippen molar-refractivity contribution >= 4 is 58.5 Å². The first-order chi connectivity index (χ1) is 9.20. The number of hydrogen-bond acceptors (Lipinski definition) is 3. The number of anilines is 1. The highest BCUT2D eigenvalue weighted by molar-refractivity contribution is 9.10. The van der Waals surface area contributed by atoms with Crippen molar-refractivity contribution in [2.75, 3.05) is 5.32 Å². The van der Waals surface area contributed by atoms with Gasteiger partial charge in [0.25, 0.3) is 0 Å². The Morgan fingerprint density at radius 3 is 2.53 bits per heavy atom. The van der Waals surface area contributed by atoms with Crippen molar-refractivity contribution in [3.8, 4) is 0 Å². The van der Waals surface area contributed by atoms with E-state index in [2.05, 4.69) is 60.4 Å². The number of thiazole rings is 1. The fourth-order valence-electron chi connectivity index (χ4n) is 1.76. The van der Waals surface area contributed by atoms with Crippen molar-refractivity contribution in [1.82, 2.24) is 4.98 Å². The van der Waals surface area contributed by atoms with Crippen molar-refractivity contribution in [2.45, 2.75) is 6.54 Å². The summed E-state index contributed by atoms with van der Waals surface area (Å²) in [5, 5.41) is 4.32. The molecule has 0 unspecified atom stereocenters. The molecular formula is C14H10Br2N2S. The molecule has 2 aromatic carbocycles. The summed E-state index contributed by atoms with van der Waals surface area (Å²) in [7, 11) is 0. The van der Waals surface area contributed by atoms with Gasteiger partial charge in [-0.05, 0) is 35.9 Å². The van der Waals surface area contributed by atoms with Crippen molar-refractivity contribution < 1.29 is 0 Å². The molecule has 1 heterocycles. The monoisotopic (exact) mass is 396 g/mol. The molecule has 0 amide bonds. The molecule has 3 aromatic rings. The van der Waals surface area contributed by atoms with Crippen LogP contribution < -0.4 is 5.32 Å². The summed E-state index contributed by atoms with van der Waals surface area (Å²) < 4.78 is 3.35. The highest BCUT2D eigenvalue weighted by Gasteiger charge is 2.03. The maximum atomic E-state index is 4.57. The third kappa shape index (κ3) is 3.16. The third-order valence-electron chi connectivity index (χ3n) is 2.71. The van der Waals surface area contributed by atoms with Crippen LogP contribution in [0.3, 0.4) is 0 Å². The SMILES string of the molecule is Brc1ccc(CNc2nc3cc(Br)ccc3s2)cc1.